The van der Waals surface area contributed by atoms with Crippen LogP contribution >= 0.6 is 11.6 Å². The first kappa shape index (κ1) is 15.9. The van der Waals surface area contributed by atoms with Crippen molar-refractivity contribution in [3.05, 3.63) is 34.4 Å². The summed E-state index contributed by atoms with van der Waals surface area (Å²) in [5.41, 5.74) is -1.26. The molecule has 0 aromatic heterocycles. The van der Waals surface area contributed by atoms with Crippen LogP contribution in [0.4, 0.5) is 8.78 Å². The molecule has 1 amide bonds. The van der Waals surface area contributed by atoms with Gasteiger partial charge < -0.3 is 10.4 Å². The fourth-order valence-corrected chi connectivity index (χ4v) is 1.49. The molecule has 6 heteroatoms. The lowest BCUT2D eigenvalue weighted by atomic mass is 9.92. The van der Waals surface area contributed by atoms with Crippen LogP contribution in [-0.4, -0.2) is 23.2 Å². The molecule has 0 heterocycles. The lowest BCUT2D eigenvalue weighted by molar-refractivity contribution is 0.0142. The Balaban J connectivity index is 2.83. The van der Waals surface area contributed by atoms with E-state index >= 15 is 0 Å². The second-order valence-electron chi connectivity index (χ2n) is 4.94. The van der Waals surface area contributed by atoms with E-state index in [0.717, 1.165) is 12.1 Å². The number of benzene rings is 1. The second-order valence-corrected chi connectivity index (χ2v) is 5.35. The van der Waals surface area contributed by atoms with Crippen molar-refractivity contribution in [3.8, 4) is 0 Å². The summed E-state index contributed by atoms with van der Waals surface area (Å²) >= 11 is 5.68. The fourth-order valence-electron chi connectivity index (χ4n) is 1.26. The normalized spacial score (nSPS) is 14.3. The summed E-state index contributed by atoms with van der Waals surface area (Å²) in [6.07, 6.45) is 0. The minimum atomic E-state index is -1.15. The summed E-state index contributed by atoms with van der Waals surface area (Å²) in [6.45, 7) is 5.16. The van der Waals surface area contributed by atoms with Gasteiger partial charge in [0.1, 0.15) is 0 Å². The van der Waals surface area contributed by atoms with E-state index in [2.05, 4.69) is 5.32 Å². The Morgan fingerprint density at radius 2 is 1.95 bits per heavy atom. The van der Waals surface area contributed by atoms with Crippen LogP contribution in [0.2, 0.25) is 5.02 Å². The highest BCUT2D eigenvalue weighted by Crippen LogP contribution is 2.20. The van der Waals surface area contributed by atoms with Gasteiger partial charge in [0.25, 0.3) is 5.91 Å². The molecule has 0 saturated carbocycles. The number of hydrogen-bond donors (Lipinski definition) is 2. The van der Waals surface area contributed by atoms with Crippen LogP contribution in [-0.2, 0) is 0 Å². The summed E-state index contributed by atoms with van der Waals surface area (Å²) in [5.74, 6) is -3.00. The number of carbonyl (C=O) groups excluding carboxylic acids is 1. The van der Waals surface area contributed by atoms with E-state index in [9.17, 15) is 18.7 Å². The van der Waals surface area contributed by atoms with Crippen LogP contribution in [0.15, 0.2) is 12.1 Å². The smallest absolute Gasteiger partial charge is 0.253 e. The lowest BCUT2D eigenvalue weighted by Gasteiger charge is -2.27. The molecule has 1 aromatic rings. The van der Waals surface area contributed by atoms with Crippen molar-refractivity contribution in [3.63, 3.8) is 0 Å². The highest BCUT2D eigenvalue weighted by atomic mass is 35.5. The van der Waals surface area contributed by atoms with Gasteiger partial charge in [0.15, 0.2) is 11.6 Å². The van der Waals surface area contributed by atoms with Gasteiger partial charge in [-0.05, 0) is 25.0 Å². The number of nitrogens with one attached hydrogen (secondary N) is 1. The molecule has 0 spiro atoms. The van der Waals surface area contributed by atoms with Gasteiger partial charge in [-0.15, -0.1) is 0 Å². The van der Waals surface area contributed by atoms with Crippen LogP contribution < -0.4 is 5.32 Å². The Hall–Kier alpha value is -1.20. The van der Waals surface area contributed by atoms with Gasteiger partial charge in [-0.1, -0.05) is 25.4 Å². The van der Waals surface area contributed by atoms with Crippen molar-refractivity contribution in [1.29, 1.82) is 0 Å². The van der Waals surface area contributed by atoms with Crippen molar-refractivity contribution >= 4 is 17.5 Å². The molecular formula is C13H16ClF2NO2. The van der Waals surface area contributed by atoms with Crippen molar-refractivity contribution in [2.45, 2.75) is 26.4 Å². The van der Waals surface area contributed by atoms with E-state index in [0.29, 0.717) is 0 Å². The summed E-state index contributed by atoms with van der Waals surface area (Å²) in [4.78, 5) is 11.8. The van der Waals surface area contributed by atoms with Crippen molar-refractivity contribution < 1.29 is 18.7 Å². The molecule has 0 aliphatic rings. The van der Waals surface area contributed by atoms with E-state index in [1.54, 1.807) is 20.8 Å². The first-order valence-corrected chi connectivity index (χ1v) is 6.18. The molecule has 0 aliphatic carbocycles. The molecule has 106 valence electrons. The maximum absolute atomic E-state index is 13.1. The third kappa shape index (κ3) is 3.88. The molecule has 2 N–H and O–H groups in total. The monoisotopic (exact) mass is 291 g/mol. The standard InChI is InChI=1S/C13H16ClF2NO2/c1-7(2)13(3,19)6-17-12(18)8-4-10(15)11(16)5-9(8)14/h4-5,7,19H,6H2,1-3H3,(H,17,18). The van der Waals surface area contributed by atoms with Gasteiger partial charge in [0.2, 0.25) is 0 Å². The van der Waals surface area contributed by atoms with Gasteiger partial charge in [-0.25, -0.2) is 8.78 Å². The minimum absolute atomic E-state index is 0.0151. The molecule has 3 nitrogen and oxygen atoms in total. The first-order valence-electron chi connectivity index (χ1n) is 5.80. The average molecular weight is 292 g/mol. The third-order valence-electron chi connectivity index (χ3n) is 3.11. The quantitative estimate of drug-likeness (QED) is 0.838. The van der Waals surface area contributed by atoms with Gasteiger partial charge in [-0.3, -0.25) is 4.79 Å². The van der Waals surface area contributed by atoms with E-state index in [1.807, 2.05) is 0 Å². The number of carbonyl (C=O) groups is 1. The Labute approximate surface area is 115 Å². The zero-order chi connectivity index (χ0) is 14.8. The Bertz CT molecular complexity index is 490. The third-order valence-corrected chi connectivity index (χ3v) is 3.42. The highest BCUT2D eigenvalue weighted by Gasteiger charge is 2.26. The number of halogens is 3. The van der Waals surface area contributed by atoms with E-state index in [1.165, 1.54) is 0 Å². The summed E-state index contributed by atoms with van der Waals surface area (Å²) in [5, 5.41) is 12.2. The van der Waals surface area contributed by atoms with Crippen LogP contribution in [0.3, 0.4) is 0 Å². The summed E-state index contributed by atoms with van der Waals surface area (Å²) in [6, 6.07) is 1.48. The van der Waals surface area contributed by atoms with Crippen molar-refractivity contribution in [2.24, 2.45) is 5.92 Å². The predicted molar refractivity (Wildman–Crippen MR) is 69.2 cm³/mol. The maximum Gasteiger partial charge on any atom is 0.253 e. The van der Waals surface area contributed by atoms with Crippen molar-refractivity contribution in [2.75, 3.05) is 6.54 Å². The van der Waals surface area contributed by atoms with Gasteiger partial charge >= 0.3 is 0 Å². The molecule has 1 rings (SSSR count). The molecule has 0 saturated heterocycles. The Morgan fingerprint density at radius 1 is 1.42 bits per heavy atom. The SMILES string of the molecule is CC(C)C(C)(O)CNC(=O)c1cc(F)c(F)cc1Cl. The summed E-state index contributed by atoms with van der Waals surface area (Å²) in [7, 11) is 0. The van der Waals surface area contributed by atoms with Crippen LogP contribution in [0, 0.1) is 17.6 Å². The molecule has 0 bridgehead atoms. The molecular weight excluding hydrogens is 276 g/mol. The fraction of sp³-hybridized carbons (Fsp3) is 0.462. The van der Waals surface area contributed by atoms with Gasteiger partial charge in [-0.2, -0.15) is 0 Å². The maximum atomic E-state index is 13.1. The number of aliphatic hydroxyl groups is 1. The predicted octanol–water partition coefficient (Wildman–Crippen LogP) is 2.76. The Morgan fingerprint density at radius 3 is 2.47 bits per heavy atom. The van der Waals surface area contributed by atoms with E-state index in [4.69, 9.17) is 11.6 Å². The number of amides is 1. The zero-order valence-corrected chi connectivity index (χ0v) is 11.7. The largest absolute Gasteiger partial charge is 0.388 e. The topological polar surface area (TPSA) is 49.3 Å². The average Bonchev–Trinajstić information content (AvgIpc) is 2.30. The lowest BCUT2D eigenvalue weighted by Crippen LogP contribution is -2.44. The molecule has 0 radical (unpaired) electrons. The van der Waals surface area contributed by atoms with Gasteiger partial charge in [0.05, 0.1) is 16.2 Å². The zero-order valence-electron chi connectivity index (χ0n) is 10.9. The molecule has 1 atom stereocenters. The molecule has 19 heavy (non-hydrogen) atoms. The van der Waals surface area contributed by atoms with Gasteiger partial charge in [0, 0.05) is 6.54 Å². The first-order chi connectivity index (χ1) is 8.65. The molecule has 1 aromatic carbocycles. The number of hydrogen-bond acceptors (Lipinski definition) is 2. The van der Waals surface area contributed by atoms with Crippen molar-refractivity contribution in [1.82, 2.24) is 5.32 Å². The van der Waals surface area contributed by atoms with E-state index < -0.39 is 23.1 Å². The molecule has 0 aliphatic heterocycles. The van der Waals surface area contributed by atoms with Crippen LogP contribution in [0.5, 0.6) is 0 Å². The molecule has 0 fully saturated rings. The van der Waals surface area contributed by atoms with Crippen LogP contribution in [0.25, 0.3) is 0 Å². The number of rotatable bonds is 4. The molecule has 1 unspecified atom stereocenters. The highest BCUT2D eigenvalue weighted by molar-refractivity contribution is 6.33. The van der Waals surface area contributed by atoms with E-state index in [-0.39, 0.29) is 23.0 Å². The minimum Gasteiger partial charge on any atom is -0.388 e. The summed E-state index contributed by atoms with van der Waals surface area (Å²) < 4.78 is 25.9. The Kier molecular flexibility index (Phi) is 4.87. The van der Waals surface area contributed by atoms with Crippen LogP contribution in [0.1, 0.15) is 31.1 Å². The second kappa shape index (κ2) is 5.84.